The minimum absolute atomic E-state index is 0.246. The van der Waals surface area contributed by atoms with Gasteiger partial charge in [-0.1, -0.05) is 0 Å². The zero-order valence-corrected chi connectivity index (χ0v) is 11.8. The van der Waals surface area contributed by atoms with E-state index < -0.39 is 5.82 Å². The third-order valence-electron chi connectivity index (χ3n) is 3.83. The molecule has 0 radical (unpaired) electrons. The fourth-order valence-electron chi connectivity index (χ4n) is 2.49. The first-order valence-electron chi connectivity index (χ1n) is 6.82. The summed E-state index contributed by atoms with van der Waals surface area (Å²) in [5.74, 6) is 0.888. The molecule has 0 amide bonds. The topological polar surface area (TPSA) is 75.3 Å². The Labute approximate surface area is 125 Å². The Morgan fingerprint density at radius 1 is 1.23 bits per heavy atom. The van der Waals surface area contributed by atoms with Crippen molar-refractivity contribution in [3.8, 4) is 0 Å². The Morgan fingerprint density at radius 3 is 2.77 bits per heavy atom. The number of likely N-dealkylation sites (N-methyl/N-ethyl adjacent to an activating group) is 1. The molecule has 1 saturated heterocycles. The van der Waals surface area contributed by atoms with Crippen LogP contribution in [-0.2, 0) is 0 Å². The maximum absolute atomic E-state index is 12.9. The van der Waals surface area contributed by atoms with Crippen LogP contribution < -0.4 is 9.80 Å². The van der Waals surface area contributed by atoms with Crippen molar-refractivity contribution in [2.24, 2.45) is 0 Å². The standard InChI is InChI=1S/C13H13FN8/c1-20(13-16-4-9(14)5-17-13)10-6-22(7-10)11-12-19-18-8-21(12)3-2-15-11/h2-5,8,10H,6-7H2,1H3. The lowest BCUT2D eigenvalue weighted by atomic mass is 10.1. The van der Waals surface area contributed by atoms with Crippen molar-refractivity contribution in [1.29, 1.82) is 0 Å². The van der Waals surface area contributed by atoms with Crippen molar-refractivity contribution in [2.75, 3.05) is 29.9 Å². The van der Waals surface area contributed by atoms with Crippen LogP contribution in [0.4, 0.5) is 16.2 Å². The number of nitrogens with zero attached hydrogens (tertiary/aromatic N) is 8. The average molecular weight is 300 g/mol. The molecule has 0 atom stereocenters. The number of fused-ring (bicyclic) bond motifs is 1. The summed E-state index contributed by atoms with van der Waals surface area (Å²) in [7, 11) is 1.90. The van der Waals surface area contributed by atoms with Crippen LogP contribution in [0, 0.1) is 5.82 Å². The molecule has 1 aliphatic heterocycles. The molecule has 0 unspecified atom stereocenters. The third kappa shape index (κ3) is 2.01. The van der Waals surface area contributed by atoms with E-state index in [1.165, 1.54) is 12.4 Å². The number of anilines is 2. The first kappa shape index (κ1) is 12.9. The molecule has 3 aromatic heterocycles. The van der Waals surface area contributed by atoms with E-state index >= 15 is 0 Å². The van der Waals surface area contributed by atoms with Gasteiger partial charge in [0, 0.05) is 32.5 Å². The molecule has 0 N–H and O–H groups in total. The summed E-state index contributed by atoms with van der Waals surface area (Å²) in [5, 5.41) is 7.98. The minimum atomic E-state index is -0.435. The predicted octanol–water partition coefficient (Wildman–Crippen LogP) is 0.378. The molecule has 4 rings (SSSR count). The molecule has 0 bridgehead atoms. The zero-order valence-electron chi connectivity index (χ0n) is 11.8. The maximum Gasteiger partial charge on any atom is 0.225 e. The molecule has 8 nitrogen and oxygen atoms in total. The summed E-state index contributed by atoms with van der Waals surface area (Å²) in [4.78, 5) is 16.4. The molecule has 1 fully saturated rings. The number of aromatic nitrogens is 6. The summed E-state index contributed by atoms with van der Waals surface area (Å²) in [6.45, 7) is 1.55. The van der Waals surface area contributed by atoms with E-state index in [4.69, 9.17) is 0 Å². The van der Waals surface area contributed by atoms with Crippen LogP contribution in [0.2, 0.25) is 0 Å². The van der Waals surface area contributed by atoms with Gasteiger partial charge in [-0.05, 0) is 0 Å². The third-order valence-corrected chi connectivity index (χ3v) is 3.83. The fourth-order valence-corrected chi connectivity index (χ4v) is 2.49. The summed E-state index contributed by atoms with van der Waals surface area (Å²) in [6.07, 6.45) is 7.54. The van der Waals surface area contributed by atoms with Gasteiger partial charge in [-0.25, -0.2) is 19.3 Å². The number of hydrogen-bond donors (Lipinski definition) is 0. The molecular weight excluding hydrogens is 287 g/mol. The lowest BCUT2D eigenvalue weighted by molar-refractivity contribution is 0.485. The summed E-state index contributed by atoms with van der Waals surface area (Å²) >= 11 is 0. The molecule has 1 aliphatic rings. The van der Waals surface area contributed by atoms with Gasteiger partial charge in [-0.2, -0.15) is 0 Å². The molecule has 0 spiro atoms. The predicted molar refractivity (Wildman–Crippen MR) is 77.2 cm³/mol. The fraction of sp³-hybridized carbons (Fsp3) is 0.308. The van der Waals surface area contributed by atoms with Crippen molar-refractivity contribution >= 4 is 17.4 Å². The van der Waals surface area contributed by atoms with Crippen molar-refractivity contribution in [2.45, 2.75) is 6.04 Å². The van der Waals surface area contributed by atoms with Gasteiger partial charge in [-0.3, -0.25) is 4.40 Å². The minimum Gasteiger partial charge on any atom is -0.349 e. The molecule has 4 heterocycles. The molecule has 0 saturated carbocycles. The van der Waals surface area contributed by atoms with Gasteiger partial charge in [0.05, 0.1) is 18.4 Å². The van der Waals surface area contributed by atoms with Crippen molar-refractivity contribution in [1.82, 2.24) is 29.5 Å². The van der Waals surface area contributed by atoms with Crippen molar-refractivity contribution in [3.63, 3.8) is 0 Å². The van der Waals surface area contributed by atoms with Gasteiger partial charge in [0.2, 0.25) is 11.6 Å². The van der Waals surface area contributed by atoms with E-state index in [1.807, 2.05) is 22.5 Å². The molecule has 9 heteroatoms. The van der Waals surface area contributed by atoms with Crippen LogP contribution in [0.15, 0.2) is 31.1 Å². The average Bonchev–Trinajstić information content (AvgIpc) is 2.95. The lowest BCUT2D eigenvalue weighted by Gasteiger charge is -2.44. The Morgan fingerprint density at radius 2 is 2.00 bits per heavy atom. The zero-order chi connectivity index (χ0) is 15.1. The van der Waals surface area contributed by atoms with Crippen molar-refractivity contribution < 1.29 is 4.39 Å². The van der Waals surface area contributed by atoms with Crippen LogP contribution in [0.5, 0.6) is 0 Å². The molecular formula is C13H13FN8. The second kappa shape index (κ2) is 4.86. The van der Waals surface area contributed by atoms with Gasteiger partial charge >= 0.3 is 0 Å². The normalized spacial score (nSPS) is 15.1. The van der Waals surface area contributed by atoms with E-state index in [1.54, 1.807) is 12.5 Å². The first-order valence-corrected chi connectivity index (χ1v) is 6.82. The van der Waals surface area contributed by atoms with E-state index in [-0.39, 0.29) is 6.04 Å². The second-order valence-electron chi connectivity index (χ2n) is 5.18. The van der Waals surface area contributed by atoms with E-state index in [0.717, 1.165) is 24.6 Å². The highest BCUT2D eigenvalue weighted by atomic mass is 19.1. The first-order chi connectivity index (χ1) is 10.7. The van der Waals surface area contributed by atoms with Crippen LogP contribution in [0.3, 0.4) is 0 Å². The van der Waals surface area contributed by atoms with E-state index in [2.05, 4.69) is 30.0 Å². The van der Waals surface area contributed by atoms with Gasteiger partial charge in [-0.15, -0.1) is 10.2 Å². The SMILES string of the molecule is CN(c1ncc(F)cn1)C1CN(c2nccn3cnnc23)C1. The van der Waals surface area contributed by atoms with Crippen LogP contribution >= 0.6 is 0 Å². The Balaban J connectivity index is 1.49. The van der Waals surface area contributed by atoms with Gasteiger partial charge in [0.25, 0.3) is 0 Å². The number of halogens is 1. The second-order valence-corrected chi connectivity index (χ2v) is 5.18. The molecule has 0 aromatic carbocycles. The van der Waals surface area contributed by atoms with Gasteiger partial charge in [0.1, 0.15) is 6.33 Å². The quantitative estimate of drug-likeness (QED) is 0.692. The molecule has 22 heavy (non-hydrogen) atoms. The summed E-state index contributed by atoms with van der Waals surface area (Å²) < 4.78 is 14.7. The number of rotatable bonds is 3. The summed E-state index contributed by atoms with van der Waals surface area (Å²) in [6, 6.07) is 0.246. The van der Waals surface area contributed by atoms with Crippen LogP contribution in [-0.4, -0.2) is 55.7 Å². The van der Waals surface area contributed by atoms with Crippen LogP contribution in [0.1, 0.15) is 0 Å². The smallest absolute Gasteiger partial charge is 0.225 e. The van der Waals surface area contributed by atoms with E-state index in [0.29, 0.717) is 5.95 Å². The van der Waals surface area contributed by atoms with Crippen LogP contribution in [0.25, 0.3) is 5.65 Å². The Kier molecular flexibility index (Phi) is 2.84. The number of hydrogen-bond acceptors (Lipinski definition) is 7. The van der Waals surface area contributed by atoms with Crippen molar-refractivity contribution in [3.05, 3.63) is 36.9 Å². The van der Waals surface area contributed by atoms with Gasteiger partial charge < -0.3 is 9.80 Å². The monoisotopic (exact) mass is 300 g/mol. The van der Waals surface area contributed by atoms with Gasteiger partial charge in [0.15, 0.2) is 11.6 Å². The van der Waals surface area contributed by atoms with E-state index in [9.17, 15) is 4.39 Å². The maximum atomic E-state index is 12.9. The summed E-state index contributed by atoms with van der Waals surface area (Å²) in [5.41, 5.74) is 0.738. The largest absolute Gasteiger partial charge is 0.349 e. The molecule has 0 aliphatic carbocycles. The highest BCUT2D eigenvalue weighted by Gasteiger charge is 2.33. The lowest BCUT2D eigenvalue weighted by Crippen LogP contribution is -2.59. The molecule has 3 aromatic rings. The Bertz CT molecular complexity index is 795. The highest BCUT2D eigenvalue weighted by molar-refractivity contribution is 5.65. The Hall–Kier alpha value is -2.84. The highest BCUT2D eigenvalue weighted by Crippen LogP contribution is 2.25. The molecule has 112 valence electrons.